The standard InChI is InChI=1S/C21H19N3O4/c1-2-16(25)19-20(23-12-22-19)21(28)24-14-9-7-13(8-10-14)11-18(27)15-5-3-4-6-17(15)26/h3-10,12,26H,2,11H2,1H3,(H,22,23)(H,24,28). The van der Waals surface area contributed by atoms with Gasteiger partial charge in [-0.15, -0.1) is 0 Å². The summed E-state index contributed by atoms with van der Waals surface area (Å²) in [4.78, 5) is 43.1. The number of phenolic OH excluding ortho intramolecular Hbond substituents is 1. The first kappa shape index (κ1) is 19.0. The van der Waals surface area contributed by atoms with Gasteiger partial charge in [-0.25, -0.2) is 4.98 Å². The number of H-pyrrole nitrogens is 1. The van der Waals surface area contributed by atoms with E-state index in [9.17, 15) is 19.5 Å². The maximum absolute atomic E-state index is 12.4. The molecule has 3 N–H and O–H groups in total. The number of aromatic hydroxyl groups is 1. The molecule has 0 aliphatic carbocycles. The SMILES string of the molecule is CCC(=O)c1nc[nH]c1C(=O)Nc1ccc(CC(=O)c2ccccc2O)cc1. The molecule has 1 heterocycles. The molecule has 0 spiro atoms. The second-order valence-electron chi connectivity index (χ2n) is 6.17. The second kappa shape index (κ2) is 8.30. The summed E-state index contributed by atoms with van der Waals surface area (Å²) in [5, 5.41) is 12.5. The third-order valence-electron chi connectivity index (χ3n) is 4.23. The number of para-hydroxylation sites is 1. The molecule has 0 saturated heterocycles. The van der Waals surface area contributed by atoms with Crippen molar-refractivity contribution in [2.24, 2.45) is 0 Å². The molecule has 3 rings (SSSR count). The van der Waals surface area contributed by atoms with Gasteiger partial charge in [-0.05, 0) is 29.8 Å². The van der Waals surface area contributed by atoms with Crippen LogP contribution in [0, 0.1) is 0 Å². The average molecular weight is 377 g/mol. The molecule has 142 valence electrons. The summed E-state index contributed by atoms with van der Waals surface area (Å²) in [5.41, 5.74) is 1.77. The lowest BCUT2D eigenvalue weighted by molar-refractivity contribution is 0.0963. The number of nitrogens with one attached hydrogen (secondary N) is 2. The lowest BCUT2D eigenvalue weighted by atomic mass is 10.0. The molecule has 2 aromatic carbocycles. The number of nitrogens with zero attached hydrogens (tertiary/aromatic N) is 1. The molecule has 0 atom stereocenters. The van der Waals surface area contributed by atoms with Crippen molar-refractivity contribution in [1.29, 1.82) is 0 Å². The minimum Gasteiger partial charge on any atom is -0.507 e. The number of carbonyl (C=O) groups excluding carboxylic acids is 3. The van der Waals surface area contributed by atoms with E-state index in [1.54, 1.807) is 49.4 Å². The van der Waals surface area contributed by atoms with Gasteiger partial charge in [0.05, 0.1) is 11.9 Å². The van der Waals surface area contributed by atoms with E-state index in [2.05, 4.69) is 15.3 Å². The van der Waals surface area contributed by atoms with Crippen LogP contribution in [0.2, 0.25) is 0 Å². The maximum atomic E-state index is 12.4. The van der Waals surface area contributed by atoms with Crippen molar-refractivity contribution in [3.63, 3.8) is 0 Å². The minimum atomic E-state index is -0.465. The van der Waals surface area contributed by atoms with E-state index in [-0.39, 0.29) is 47.1 Å². The van der Waals surface area contributed by atoms with E-state index in [1.807, 2.05) is 0 Å². The third-order valence-corrected chi connectivity index (χ3v) is 4.23. The molecule has 0 fully saturated rings. The van der Waals surface area contributed by atoms with Crippen LogP contribution < -0.4 is 5.32 Å². The number of aromatic amines is 1. The van der Waals surface area contributed by atoms with E-state index in [0.717, 1.165) is 5.56 Å². The number of amides is 1. The number of anilines is 1. The molecule has 7 heteroatoms. The van der Waals surface area contributed by atoms with Gasteiger partial charge in [-0.1, -0.05) is 31.2 Å². The average Bonchev–Trinajstić information content (AvgIpc) is 3.19. The quantitative estimate of drug-likeness (QED) is 0.547. The first-order chi connectivity index (χ1) is 13.5. The molecule has 0 aliphatic rings. The van der Waals surface area contributed by atoms with Gasteiger partial charge in [0.2, 0.25) is 0 Å². The molecule has 1 amide bonds. The van der Waals surface area contributed by atoms with Crippen molar-refractivity contribution in [3.8, 4) is 5.75 Å². The fourth-order valence-corrected chi connectivity index (χ4v) is 2.74. The van der Waals surface area contributed by atoms with Gasteiger partial charge in [-0.2, -0.15) is 0 Å². The Morgan fingerprint density at radius 3 is 2.43 bits per heavy atom. The predicted molar refractivity (Wildman–Crippen MR) is 104 cm³/mol. The molecule has 0 radical (unpaired) electrons. The fraction of sp³-hybridized carbons (Fsp3) is 0.143. The monoisotopic (exact) mass is 377 g/mol. The number of ketones is 2. The Labute approximate surface area is 161 Å². The van der Waals surface area contributed by atoms with Crippen molar-refractivity contribution in [2.75, 3.05) is 5.32 Å². The molecule has 0 unspecified atom stereocenters. The van der Waals surface area contributed by atoms with Crippen molar-refractivity contribution in [1.82, 2.24) is 9.97 Å². The Morgan fingerprint density at radius 1 is 1.04 bits per heavy atom. The smallest absolute Gasteiger partial charge is 0.274 e. The van der Waals surface area contributed by atoms with Crippen molar-refractivity contribution in [2.45, 2.75) is 19.8 Å². The van der Waals surface area contributed by atoms with Gasteiger partial charge in [0.15, 0.2) is 11.6 Å². The second-order valence-corrected chi connectivity index (χ2v) is 6.17. The zero-order chi connectivity index (χ0) is 20.1. The highest BCUT2D eigenvalue weighted by Gasteiger charge is 2.19. The zero-order valence-electron chi connectivity index (χ0n) is 15.2. The van der Waals surface area contributed by atoms with E-state index in [4.69, 9.17) is 0 Å². The van der Waals surface area contributed by atoms with Gasteiger partial charge >= 0.3 is 0 Å². The highest BCUT2D eigenvalue weighted by atomic mass is 16.3. The molecule has 3 aromatic rings. The molecule has 0 saturated carbocycles. The third kappa shape index (κ3) is 4.15. The largest absolute Gasteiger partial charge is 0.507 e. The fourth-order valence-electron chi connectivity index (χ4n) is 2.74. The molecular formula is C21H19N3O4. The molecule has 1 aromatic heterocycles. The summed E-state index contributed by atoms with van der Waals surface area (Å²) in [7, 11) is 0. The summed E-state index contributed by atoms with van der Waals surface area (Å²) in [6.45, 7) is 1.70. The summed E-state index contributed by atoms with van der Waals surface area (Å²) in [5.74, 6) is -0.930. The number of phenols is 1. The van der Waals surface area contributed by atoms with Gasteiger partial charge in [0.1, 0.15) is 17.1 Å². The van der Waals surface area contributed by atoms with E-state index >= 15 is 0 Å². The van der Waals surface area contributed by atoms with Crippen LogP contribution in [0.1, 0.15) is 50.2 Å². The van der Waals surface area contributed by atoms with Crippen LogP contribution in [0.3, 0.4) is 0 Å². The van der Waals surface area contributed by atoms with Crippen molar-refractivity contribution < 1.29 is 19.5 Å². The Kier molecular flexibility index (Phi) is 5.64. The molecule has 28 heavy (non-hydrogen) atoms. The molecule has 0 aliphatic heterocycles. The van der Waals surface area contributed by atoms with Crippen LogP contribution in [0.25, 0.3) is 0 Å². The lowest BCUT2D eigenvalue weighted by Crippen LogP contribution is -2.16. The van der Waals surface area contributed by atoms with E-state index in [0.29, 0.717) is 5.69 Å². The number of carbonyl (C=O) groups is 3. The Hall–Kier alpha value is -3.74. The number of rotatable bonds is 7. The molecule has 7 nitrogen and oxygen atoms in total. The zero-order valence-corrected chi connectivity index (χ0v) is 15.2. The van der Waals surface area contributed by atoms with Gasteiger partial charge in [0.25, 0.3) is 5.91 Å². The minimum absolute atomic E-state index is 0.0478. The number of hydrogen-bond acceptors (Lipinski definition) is 5. The van der Waals surface area contributed by atoms with Crippen molar-refractivity contribution in [3.05, 3.63) is 77.4 Å². The van der Waals surface area contributed by atoms with Gasteiger partial charge in [0, 0.05) is 18.5 Å². The van der Waals surface area contributed by atoms with Crippen LogP contribution in [0.4, 0.5) is 5.69 Å². The predicted octanol–water partition coefficient (Wildman–Crippen LogP) is 3.39. The number of Topliss-reactive ketones (excluding diaryl/α,β-unsaturated/α-hetero) is 2. The van der Waals surface area contributed by atoms with Gasteiger partial charge < -0.3 is 15.4 Å². The Balaban J connectivity index is 1.67. The Morgan fingerprint density at radius 2 is 1.75 bits per heavy atom. The molecule has 0 bridgehead atoms. The van der Waals surface area contributed by atoms with E-state index < -0.39 is 5.91 Å². The maximum Gasteiger partial charge on any atom is 0.274 e. The number of benzene rings is 2. The van der Waals surface area contributed by atoms with E-state index in [1.165, 1.54) is 12.4 Å². The number of imidazole rings is 1. The summed E-state index contributed by atoms with van der Waals surface area (Å²) in [6, 6.07) is 13.2. The molecular weight excluding hydrogens is 358 g/mol. The summed E-state index contributed by atoms with van der Waals surface area (Å²) in [6.07, 6.45) is 1.69. The van der Waals surface area contributed by atoms with Gasteiger partial charge in [-0.3, -0.25) is 14.4 Å². The summed E-state index contributed by atoms with van der Waals surface area (Å²) < 4.78 is 0. The first-order valence-corrected chi connectivity index (χ1v) is 8.77. The highest BCUT2D eigenvalue weighted by molar-refractivity contribution is 6.10. The van der Waals surface area contributed by atoms with Crippen LogP contribution >= 0.6 is 0 Å². The number of aromatic nitrogens is 2. The van der Waals surface area contributed by atoms with Crippen LogP contribution in [0.15, 0.2) is 54.9 Å². The summed E-state index contributed by atoms with van der Waals surface area (Å²) >= 11 is 0. The first-order valence-electron chi connectivity index (χ1n) is 8.77. The number of hydrogen-bond donors (Lipinski definition) is 3. The van der Waals surface area contributed by atoms with Crippen LogP contribution in [-0.2, 0) is 6.42 Å². The van der Waals surface area contributed by atoms with Crippen molar-refractivity contribution >= 4 is 23.2 Å². The topological polar surface area (TPSA) is 112 Å². The van der Waals surface area contributed by atoms with Crippen LogP contribution in [-0.4, -0.2) is 32.5 Å². The Bertz CT molecular complexity index is 1020. The van der Waals surface area contributed by atoms with Crippen LogP contribution in [0.5, 0.6) is 5.75 Å². The highest BCUT2D eigenvalue weighted by Crippen LogP contribution is 2.19. The normalized spacial score (nSPS) is 10.5. The lowest BCUT2D eigenvalue weighted by Gasteiger charge is -2.07.